The van der Waals surface area contributed by atoms with E-state index in [1.807, 2.05) is 25.1 Å². The first kappa shape index (κ1) is 19.2. The number of amides is 1. The van der Waals surface area contributed by atoms with Crippen LogP contribution >= 0.6 is 11.3 Å². The van der Waals surface area contributed by atoms with Crippen LogP contribution in [-0.2, 0) is 24.2 Å². The summed E-state index contributed by atoms with van der Waals surface area (Å²) in [5.74, 6) is 1.73. The van der Waals surface area contributed by atoms with Crippen LogP contribution < -0.4 is 5.56 Å². The van der Waals surface area contributed by atoms with Crippen molar-refractivity contribution in [1.82, 2.24) is 14.6 Å². The molecular weight excluding hydrogens is 428 g/mol. The topological polar surface area (TPSA) is 93.8 Å². The minimum absolute atomic E-state index is 0.141. The van der Waals surface area contributed by atoms with Crippen molar-refractivity contribution >= 4 is 33.2 Å². The predicted octanol–water partition coefficient (Wildman–Crippen LogP) is 3.82. The Morgan fingerprint density at radius 2 is 2.19 bits per heavy atom. The van der Waals surface area contributed by atoms with Crippen molar-refractivity contribution in [3.8, 4) is 0 Å². The van der Waals surface area contributed by atoms with Crippen LogP contribution in [0.5, 0.6) is 0 Å². The summed E-state index contributed by atoms with van der Waals surface area (Å²) in [6.45, 7) is 1.72. The minimum atomic E-state index is -0.393. The molecule has 1 atom stereocenters. The van der Waals surface area contributed by atoms with E-state index in [9.17, 15) is 9.59 Å². The Balaban J connectivity index is 1.34. The molecule has 0 saturated carbocycles. The third kappa shape index (κ3) is 3.03. The zero-order valence-electron chi connectivity index (χ0n) is 17.4. The van der Waals surface area contributed by atoms with Crippen LogP contribution in [0.2, 0.25) is 0 Å². The molecule has 1 unspecified atom stereocenters. The fourth-order valence-corrected chi connectivity index (χ4v) is 5.75. The second-order valence-electron chi connectivity index (χ2n) is 8.15. The molecule has 8 nitrogen and oxygen atoms in total. The van der Waals surface area contributed by atoms with E-state index in [0.29, 0.717) is 29.0 Å². The number of aromatic nitrogens is 2. The number of carbonyl (C=O) groups is 1. The zero-order chi connectivity index (χ0) is 21.8. The monoisotopic (exact) mass is 448 g/mol. The number of furan rings is 2. The highest BCUT2D eigenvalue weighted by Gasteiger charge is 2.36. The molecule has 0 saturated heterocycles. The second-order valence-corrected chi connectivity index (χ2v) is 9.23. The van der Waals surface area contributed by atoms with Crippen molar-refractivity contribution in [3.63, 3.8) is 0 Å². The molecule has 1 amide bonds. The van der Waals surface area contributed by atoms with Crippen molar-refractivity contribution in [3.05, 3.63) is 74.9 Å². The van der Waals surface area contributed by atoms with E-state index in [-0.39, 0.29) is 18.0 Å². The lowest BCUT2D eigenvalue weighted by Gasteiger charge is -2.20. The van der Waals surface area contributed by atoms with Crippen molar-refractivity contribution in [2.75, 3.05) is 0 Å². The number of hydrogen-bond acceptors (Lipinski definition) is 7. The Morgan fingerprint density at radius 1 is 1.28 bits per heavy atom. The van der Waals surface area contributed by atoms with Gasteiger partial charge in [0.1, 0.15) is 40.4 Å². The molecule has 0 spiro atoms. The van der Waals surface area contributed by atoms with Gasteiger partial charge in [0.15, 0.2) is 0 Å². The molecule has 5 heterocycles. The molecule has 0 bridgehead atoms. The van der Waals surface area contributed by atoms with Gasteiger partial charge in [0, 0.05) is 11.3 Å². The number of fused-ring (bicyclic) bond motifs is 3. The van der Waals surface area contributed by atoms with Gasteiger partial charge in [-0.15, -0.1) is 11.3 Å². The number of carbonyl (C=O) groups excluding carboxylic acids is 1. The van der Waals surface area contributed by atoms with E-state index in [4.69, 9.17) is 8.83 Å². The number of hydrogen-bond donors (Lipinski definition) is 0. The molecule has 162 valence electrons. The average molecular weight is 449 g/mol. The highest BCUT2D eigenvalue weighted by Crippen LogP contribution is 2.35. The maximum absolute atomic E-state index is 13.3. The van der Waals surface area contributed by atoms with Crippen molar-refractivity contribution in [2.24, 2.45) is 5.10 Å². The molecule has 2 aliphatic rings. The molecule has 1 aliphatic heterocycles. The van der Waals surface area contributed by atoms with Crippen molar-refractivity contribution in [2.45, 2.75) is 45.2 Å². The number of nitrogens with zero attached hydrogens (tertiary/aromatic N) is 4. The molecule has 0 radical (unpaired) electrons. The van der Waals surface area contributed by atoms with Crippen LogP contribution in [0.25, 0.3) is 10.2 Å². The van der Waals surface area contributed by atoms with E-state index in [0.717, 1.165) is 35.4 Å². The Morgan fingerprint density at radius 3 is 2.97 bits per heavy atom. The van der Waals surface area contributed by atoms with E-state index < -0.39 is 6.04 Å². The van der Waals surface area contributed by atoms with Crippen LogP contribution in [0, 0.1) is 6.92 Å². The summed E-state index contributed by atoms with van der Waals surface area (Å²) < 4.78 is 12.7. The molecule has 1 aliphatic carbocycles. The predicted molar refractivity (Wildman–Crippen MR) is 119 cm³/mol. The van der Waals surface area contributed by atoms with Crippen LogP contribution in [-0.4, -0.2) is 26.2 Å². The maximum Gasteiger partial charge on any atom is 0.263 e. The minimum Gasteiger partial charge on any atom is -0.467 e. The summed E-state index contributed by atoms with van der Waals surface area (Å²) in [5, 5.41) is 6.63. The smallest absolute Gasteiger partial charge is 0.263 e. The van der Waals surface area contributed by atoms with E-state index in [2.05, 4.69) is 10.1 Å². The lowest BCUT2D eigenvalue weighted by atomic mass is 10.1. The second kappa shape index (κ2) is 7.30. The van der Waals surface area contributed by atoms with Gasteiger partial charge in [0.05, 0.1) is 18.0 Å². The normalized spacial score (nSPS) is 17.8. The van der Waals surface area contributed by atoms with Crippen LogP contribution in [0.4, 0.5) is 0 Å². The summed E-state index contributed by atoms with van der Waals surface area (Å²) in [4.78, 5) is 33.0. The first-order valence-electron chi connectivity index (χ1n) is 10.6. The lowest BCUT2D eigenvalue weighted by molar-refractivity contribution is -0.134. The Hall–Kier alpha value is -3.46. The standard InChI is InChI=1S/C23H20N4O4S/c1-13-7-8-17(31-13)15-10-16(18-5-3-9-30-18)27(25-15)20(28)11-26-12-24-22-21(23(26)29)14-4-2-6-19(14)32-22/h3,5,7-9,12,16H,2,4,6,10-11H2,1H3. The SMILES string of the molecule is Cc1ccc(C2=NN(C(=O)Cn3cnc4sc5c(c4c3=O)CCC5)C(c3ccco3)C2)o1. The van der Waals surface area contributed by atoms with Gasteiger partial charge in [-0.25, -0.2) is 9.99 Å². The third-order valence-corrected chi connectivity index (χ3v) is 7.26. The van der Waals surface area contributed by atoms with Gasteiger partial charge in [0.2, 0.25) is 0 Å². The first-order chi connectivity index (χ1) is 15.6. The quantitative estimate of drug-likeness (QED) is 0.473. The van der Waals surface area contributed by atoms with E-state index >= 15 is 0 Å². The average Bonchev–Trinajstić information content (AvgIpc) is 3.57. The van der Waals surface area contributed by atoms with Crippen molar-refractivity contribution < 1.29 is 13.6 Å². The number of thiophene rings is 1. The fourth-order valence-electron chi connectivity index (χ4n) is 4.53. The molecule has 0 aromatic carbocycles. The molecule has 0 fully saturated rings. The van der Waals surface area contributed by atoms with Gasteiger partial charge < -0.3 is 8.83 Å². The summed E-state index contributed by atoms with van der Waals surface area (Å²) in [5.41, 5.74) is 1.61. The van der Waals surface area contributed by atoms with Crippen LogP contribution in [0.1, 0.15) is 46.6 Å². The Kier molecular flexibility index (Phi) is 4.39. The first-order valence-corrected chi connectivity index (χ1v) is 11.4. The maximum atomic E-state index is 13.3. The molecule has 32 heavy (non-hydrogen) atoms. The summed E-state index contributed by atoms with van der Waals surface area (Å²) in [6, 6.07) is 6.93. The van der Waals surface area contributed by atoms with E-state index in [1.54, 1.807) is 23.7 Å². The summed E-state index contributed by atoms with van der Waals surface area (Å²) in [6.07, 6.45) is 6.46. The Labute approximate surface area is 186 Å². The fraction of sp³-hybridized carbons (Fsp3) is 0.304. The van der Waals surface area contributed by atoms with Gasteiger partial charge in [-0.3, -0.25) is 14.2 Å². The molecule has 4 aromatic heterocycles. The molecule has 0 N–H and O–H groups in total. The van der Waals surface area contributed by atoms with Gasteiger partial charge in [-0.1, -0.05) is 0 Å². The Bertz CT molecular complexity index is 1430. The van der Waals surface area contributed by atoms with Gasteiger partial charge in [0.25, 0.3) is 11.5 Å². The highest BCUT2D eigenvalue weighted by molar-refractivity contribution is 7.18. The molecule has 6 rings (SSSR count). The number of hydrazone groups is 1. The van der Waals surface area contributed by atoms with Crippen LogP contribution in [0.15, 0.2) is 55.6 Å². The number of rotatable bonds is 4. The van der Waals surface area contributed by atoms with Gasteiger partial charge in [-0.05, 0) is 56.0 Å². The van der Waals surface area contributed by atoms with Gasteiger partial charge in [-0.2, -0.15) is 5.10 Å². The largest absolute Gasteiger partial charge is 0.467 e. The highest BCUT2D eigenvalue weighted by atomic mass is 32.1. The molecule has 4 aromatic rings. The number of aryl methyl sites for hydroxylation is 3. The zero-order valence-corrected chi connectivity index (χ0v) is 18.2. The lowest BCUT2D eigenvalue weighted by Crippen LogP contribution is -2.34. The van der Waals surface area contributed by atoms with Crippen LogP contribution in [0.3, 0.4) is 0 Å². The molecular formula is C23H20N4O4S. The van der Waals surface area contributed by atoms with Gasteiger partial charge >= 0.3 is 0 Å². The third-order valence-electron chi connectivity index (χ3n) is 6.06. The van der Waals surface area contributed by atoms with E-state index in [1.165, 1.54) is 20.8 Å². The van der Waals surface area contributed by atoms with Crippen molar-refractivity contribution in [1.29, 1.82) is 0 Å². The summed E-state index contributed by atoms with van der Waals surface area (Å²) >= 11 is 1.59. The molecule has 9 heteroatoms. The summed E-state index contributed by atoms with van der Waals surface area (Å²) in [7, 11) is 0.